The van der Waals surface area contributed by atoms with Crippen LogP contribution in [-0.2, 0) is 0 Å². The van der Waals surface area contributed by atoms with Crippen molar-refractivity contribution in [2.75, 3.05) is 12.5 Å². The van der Waals surface area contributed by atoms with Crippen molar-refractivity contribution >= 4 is 11.6 Å². The minimum atomic E-state index is 0.107. The number of hydrazine groups is 1. The molecule has 0 heterocycles. The molecule has 1 fully saturated rings. The molecule has 4 heteroatoms. The number of nitrogens with two attached hydrogens (primary N) is 1. The van der Waals surface area contributed by atoms with Crippen LogP contribution in [0.5, 0.6) is 0 Å². The number of benzene rings is 1. The van der Waals surface area contributed by atoms with Crippen LogP contribution >= 0.6 is 0 Å². The molecule has 1 amide bonds. The smallest absolute Gasteiger partial charge is 0.253 e. The molecule has 1 aliphatic carbocycles. The summed E-state index contributed by atoms with van der Waals surface area (Å²) in [4.78, 5) is 14.5. The molecule has 2 rings (SSSR count). The van der Waals surface area contributed by atoms with Crippen molar-refractivity contribution in [1.82, 2.24) is 4.90 Å². The molecule has 0 aliphatic heterocycles. The number of nitrogens with zero attached hydrogens (tertiary/aromatic N) is 1. The number of nitrogen functional groups attached to an aromatic ring is 1. The number of carbonyl (C=O) groups is 1. The summed E-state index contributed by atoms with van der Waals surface area (Å²) in [6.07, 6.45) is 4.85. The Labute approximate surface area is 121 Å². The third-order valence-electron chi connectivity index (χ3n) is 4.51. The number of carbonyl (C=O) groups excluding carboxylic acids is 1. The summed E-state index contributed by atoms with van der Waals surface area (Å²) in [5, 5.41) is 0. The van der Waals surface area contributed by atoms with Crippen molar-refractivity contribution in [1.29, 1.82) is 0 Å². The Morgan fingerprint density at radius 3 is 2.65 bits per heavy atom. The van der Waals surface area contributed by atoms with Crippen LogP contribution in [0.15, 0.2) is 18.2 Å². The molecule has 0 saturated heterocycles. The fourth-order valence-corrected chi connectivity index (χ4v) is 3.18. The van der Waals surface area contributed by atoms with E-state index in [1.807, 2.05) is 37.1 Å². The lowest BCUT2D eigenvalue weighted by molar-refractivity contribution is 0.0629. The van der Waals surface area contributed by atoms with Crippen molar-refractivity contribution in [3.8, 4) is 0 Å². The van der Waals surface area contributed by atoms with E-state index in [0.717, 1.165) is 23.2 Å². The minimum Gasteiger partial charge on any atom is -0.338 e. The van der Waals surface area contributed by atoms with Gasteiger partial charge in [0.2, 0.25) is 0 Å². The van der Waals surface area contributed by atoms with E-state index < -0.39 is 0 Å². The lowest BCUT2D eigenvalue weighted by atomic mass is 9.85. The molecular formula is C16H25N3O. The molecule has 3 N–H and O–H groups in total. The Bertz CT molecular complexity index is 487. The van der Waals surface area contributed by atoms with Crippen molar-refractivity contribution in [2.45, 2.75) is 45.6 Å². The zero-order chi connectivity index (χ0) is 14.7. The summed E-state index contributed by atoms with van der Waals surface area (Å²) in [6, 6.07) is 5.97. The van der Waals surface area contributed by atoms with Gasteiger partial charge in [0.1, 0.15) is 0 Å². The molecule has 4 nitrogen and oxygen atoms in total. The van der Waals surface area contributed by atoms with E-state index in [4.69, 9.17) is 5.84 Å². The highest BCUT2D eigenvalue weighted by molar-refractivity contribution is 5.95. The minimum absolute atomic E-state index is 0.107. The van der Waals surface area contributed by atoms with Gasteiger partial charge in [0.15, 0.2) is 0 Å². The monoisotopic (exact) mass is 275 g/mol. The van der Waals surface area contributed by atoms with Crippen molar-refractivity contribution < 1.29 is 4.79 Å². The number of nitrogens with one attached hydrogen (secondary N) is 1. The Balaban J connectivity index is 2.15. The average Bonchev–Trinajstić information content (AvgIpc) is 2.46. The molecule has 0 spiro atoms. The molecule has 1 saturated carbocycles. The van der Waals surface area contributed by atoms with Crippen LogP contribution in [0.4, 0.5) is 5.69 Å². The molecule has 20 heavy (non-hydrogen) atoms. The van der Waals surface area contributed by atoms with Crippen molar-refractivity contribution in [2.24, 2.45) is 11.8 Å². The maximum Gasteiger partial charge on any atom is 0.253 e. The van der Waals surface area contributed by atoms with E-state index in [0.29, 0.717) is 12.0 Å². The average molecular weight is 275 g/mol. The van der Waals surface area contributed by atoms with Gasteiger partial charge >= 0.3 is 0 Å². The largest absolute Gasteiger partial charge is 0.338 e. The predicted molar refractivity (Wildman–Crippen MR) is 82.5 cm³/mol. The predicted octanol–water partition coefficient (Wildman–Crippen LogP) is 2.93. The fraction of sp³-hybridized carbons (Fsp3) is 0.562. The first-order valence-corrected chi connectivity index (χ1v) is 7.39. The van der Waals surface area contributed by atoms with Gasteiger partial charge in [0.25, 0.3) is 5.91 Å². The van der Waals surface area contributed by atoms with Gasteiger partial charge in [0.05, 0.1) is 5.69 Å². The highest BCUT2D eigenvalue weighted by Crippen LogP contribution is 2.28. The first-order chi connectivity index (χ1) is 9.54. The van der Waals surface area contributed by atoms with Gasteiger partial charge in [-0.25, -0.2) is 0 Å². The molecular weight excluding hydrogens is 250 g/mol. The van der Waals surface area contributed by atoms with Crippen LogP contribution in [0, 0.1) is 12.8 Å². The quantitative estimate of drug-likeness (QED) is 0.658. The highest BCUT2D eigenvalue weighted by atomic mass is 16.2. The normalized spacial score (nSPS) is 22.4. The topological polar surface area (TPSA) is 58.4 Å². The molecule has 2 atom stereocenters. The summed E-state index contributed by atoms with van der Waals surface area (Å²) in [7, 11) is 1.93. The second kappa shape index (κ2) is 6.27. The third-order valence-corrected chi connectivity index (χ3v) is 4.51. The standard InChI is InChI=1S/C16H25N3O/c1-11-6-4-5-7-15(11)19(3)16(20)13-8-9-14(18-17)12(2)10-13/h8-11,15,18H,4-7,17H2,1-3H3. The maximum absolute atomic E-state index is 12.6. The van der Waals surface area contributed by atoms with Crippen molar-refractivity contribution in [3.63, 3.8) is 0 Å². The second-order valence-electron chi connectivity index (χ2n) is 5.92. The number of aryl methyl sites for hydroxylation is 1. The van der Waals surface area contributed by atoms with Gasteiger partial charge in [-0.1, -0.05) is 19.8 Å². The van der Waals surface area contributed by atoms with Gasteiger partial charge in [-0.3, -0.25) is 10.6 Å². The number of anilines is 1. The molecule has 110 valence electrons. The summed E-state index contributed by atoms with van der Waals surface area (Å²) >= 11 is 0. The molecule has 1 aromatic rings. The second-order valence-corrected chi connectivity index (χ2v) is 5.92. The number of hydrogen-bond donors (Lipinski definition) is 2. The molecule has 0 aromatic heterocycles. The van der Waals surface area contributed by atoms with Crippen LogP contribution in [0.2, 0.25) is 0 Å². The van der Waals surface area contributed by atoms with E-state index in [-0.39, 0.29) is 5.91 Å². The van der Waals surface area contributed by atoms with Crippen LogP contribution in [0.1, 0.15) is 48.5 Å². The molecule has 0 radical (unpaired) electrons. The van der Waals surface area contributed by atoms with E-state index in [1.165, 1.54) is 19.3 Å². The van der Waals surface area contributed by atoms with E-state index in [1.54, 1.807) is 0 Å². The Morgan fingerprint density at radius 2 is 2.05 bits per heavy atom. The molecule has 0 bridgehead atoms. The van der Waals surface area contributed by atoms with E-state index in [2.05, 4.69) is 12.3 Å². The Morgan fingerprint density at radius 1 is 1.35 bits per heavy atom. The lowest BCUT2D eigenvalue weighted by Gasteiger charge is -2.36. The van der Waals surface area contributed by atoms with Gasteiger partial charge < -0.3 is 10.3 Å². The fourth-order valence-electron chi connectivity index (χ4n) is 3.18. The van der Waals surface area contributed by atoms with Crippen molar-refractivity contribution in [3.05, 3.63) is 29.3 Å². The lowest BCUT2D eigenvalue weighted by Crippen LogP contribution is -2.42. The summed E-state index contributed by atoms with van der Waals surface area (Å²) in [6.45, 7) is 4.20. The Hall–Kier alpha value is -1.55. The first kappa shape index (κ1) is 14.9. The highest BCUT2D eigenvalue weighted by Gasteiger charge is 2.28. The first-order valence-electron chi connectivity index (χ1n) is 7.39. The van der Waals surface area contributed by atoms with Crippen LogP contribution in [0.3, 0.4) is 0 Å². The molecule has 1 aliphatic rings. The summed E-state index contributed by atoms with van der Waals surface area (Å²) in [5.74, 6) is 6.12. The van der Waals surface area contributed by atoms with Gasteiger partial charge in [-0.15, -0.1) is 0 Å². The Kier molecular flexibility index (Phi) is 4.65. The maximum atomic E-state index is 12.6. The summed E-state index contributed by atoms with van der Waals surface area (Å²) < 4.78 is 0. The van der Waals surface area contributed by atoms with Gasteiger partial charge in [-0.05, 0) is 49.4 Å². The van der Waals surface area contributed by atoms with Gasteiger partial charge in [-0.2, -0.15) is 0 Å². The zero-order valence-corrected chi connectivity index (χ0v) is 12.6. The SMILES string of the molecule is Cc1cc(C(=O)N(C)C2CCCCC2C)ccc1NN. The van der Waals surface area contributed by atoms with E-state index in [9.17, 15) is 4.79 Å². The van der Waals surface area contributed by atoms with Crippen LogP contribution in [-0.4, -0.2) is 23.9 Å². The molecule has 2 unspecified atom stereocenters. The van der Waals surface area contributed by atoms with E-state index >= 15 is 0 Å². The number of amides is 1. The number of hydrogen-bond acceptors (Lipinski definition) is 3. The van der Waals surface area contributed by atoms with Crippen LogP contribution < -0.4 is 11.3 Å². The van der Waals surface area contributed by atoms with Gasteiger partial charge in [0, 0.05) is 18.7 Å². The summed E-state index contributed by atoms with van der Waals surface area (Å²) in [5.41, 5.74) is 5.22. The molecule has 1 aromatic carbocycles. The number of rotatable bonds is 3. The zero-order valence-electron chi connectivity index (χ0n) is 12.6. The van der Waals surface area contributed by atoms with Crippen LogP contribution in [0.25, 0.3) is 0 Å². The third kappa shape index (κ3) is 2.96.